The average Bonchev–Trinajstić information content (AvgIpc) is 2.87. The van der Waals surface area contributed by atoms with E-state index < -0.39 is 0 Å². The quantitative estimate of drug-likeness (QED) is 0.850. The molecule has 0 bridgehead atoms. The maximum Gasteiger partial charge on any atom is 0.203 e. The molecule has 1 aliphatic rings. The van der Waals surface area contributed by atoms with E-state index in [-0.39, 0.29) is 0 Å². The predicted molar refractivity (Wildman–Crippen MR) is 64.8 cm³/mol. The fourth-order valence-corrected chi connectivity index (χ4v) is 2.28. The monoisotopic (exact) mass is 223 g/mol. The van der Waals surface area contributed by atoms with Crippen molar-refractivity contribution in [3.8, 4) is 0 Å². The molecular weight excluding hydrogens is 202 g/mol. The Morgan fingerprint density at radius 1 is 1.69 bits per heavy atom. The second kappa shape index (κ2) is 4.87. The highest BCUT2D eigenvalue weighted by Crippen LogP contribution is 2.28. The van der Waals surface area contributed by atoms with Gasteiger partial charge in [-0.05, 0) is 27.2 Å². The molecule has 2 rings (SSSR count). The van der Waals surface area contributed by atoms with Crippen LogP contribution >= 0.6 is 0 Å². The number of rotatable bonds is 4. The second-order valence-corrected chi connectivity index (χ2v) is 4.51. The number of nitrogens with one attached hydrogen (secondary N) is 1. The molecule has 1 aliphatic heterocycles. The van der Waals surface area contributed by atoms with Gasteiger partial charge in [0.25, 0.3) is 0 Å². The molecule has 4 heteroatoms. The zero-order valence-corrected chi connectivity index (χ0v) is 10.4. The third kappa shape index (κ3) is 2.21. The third-order valence-electron chi connectivity index (χ3n) is 3.27. The van der Waals surface area contributed by atoms with E-state index in [9.17, 15) is 0 Å². The van der Waals surface area contributed by atoms with E-state index in [1.807, 2.05) is 6.92 Å². The molecule has 1 N–H and O–H groups in total. The van der Waals surface area contributed by atoms with Crippen LogP contribution in [0.4, 0.5) is 5.95 Å². The molecule has 0 saturated carbocycles. The first-order valence-corrected chi connectivity index (χ1v) is 6.09. The van der Waals surface area contributed by atoms with Gasteiger partial charge < -0.3 is 14.6 Å². The minimum absolute atomic E-state index is 0.456. The molecule has 0 aliphatic carbocycles. The summed E-state index contributed by atoms with van der Waals surface area (Å²) in [5.41, 5.74) is 1.07. The van der Waals surface area contributed by atoms with E-state index in [1.165, 1.54) is 0 Å². The van der Waals surface area contributed by atoms with Crippen molar-refractivity contribution in [1.29, 1.82) is 0 Å². The normalized spacial score (nSPS) is 22.3. The first-order chi connectivity index (χ1) is 7.72. The van der Waals surface area contributed by atoms with E-state index in [4.69, 9.17) is 4.74 Å². The Balaban J connectivity index is 2.17. The summed E-state index contributed by atoms with van der Waals surface area (Å²) in [6, 6.07) is 0.456. The van der Waals surface area contributed by atoms with Crippen LogP contribution in [0.3, 0.4) is 0 Å². The molecule has 90 valence electrons. The molecular formula is C12H21N3O. The van der Waals surface area contributed by atoms with Gasteiger partial charge in [0, 0.05) is 31.3 Å². The van der Waals surface area contributed by atoms with Gasteiger partial charge in [-0.25, -0.2) is 4.98 Å². The van der Waals surface area contributed by atoms with Crippen LogP contribution in [0, 0.1) is 12.8 Å². The van der Waals surface area contributed by atoms with Crippen LogP contribution < -0.4 is 5.32 Å². The molecule has 2 unspecified atom stereocenters. The van der Waals surface area contributed by atoms with Crippen LogP contribution in [0.25, 0.3) is 0 Å². The molecule has 1 saturated heterocycles. The molecule has 1 fully saturated rings. The highest BCUT2D eigenvalue weighted by molar-refractivity contribution is 5.29. The number of nitrogens with zero attached hydrogens (tertiary/aromatic N) is 2. The lowest BCUT2D eigenvalue weighted by Crippen LogP contribution is -2.18. The number of aryl methyl sites for hydroxylation is 1. The minimum Gasteiger partial charge on any atom is -0.381 e. The Bertz CT molecular complexity index is 342. The van der Waals surface area contributed by atoms with Gasteiger partial charge in [0.15, 0.2) is 0 Å². The van der Waals surface area contributed by atoms with Crippen molar-refractivity contribution >= 4 is 5.95 Å². The van der Waals surface area contributed by atoms with Crippen molar-refractivity contribution < 1.29 is 4.74 Å². The lowest BCUT2D eigenvalue weighted by atomic mass is 10.0. The van der Waals surface area contributed by atoms with E-state index in [2.05, 4.69) is 34.9 Å². The largest absolute Gasteiger partial charge is 0.381 e. The Morgan fingerprint density at radius 3 is 3.12 bits per heavy atom. The number of imidazole rings is 1. The molecule has 2 atom stereocenters. The zero-order chi connectivity index (χ0) is 11.5. The Kier molecular flexibility index (Phi) is 3.49. The molecule has 4 nitrogen and oxygen atoms in total. The molecule has 1 aromatic rings. The van der Waals surface area contributed by atoms with Crippen molar-refractivity contribution in [2.45, 2.75) is 33.2 Å². The van der Waals surface area contributed by atoms with Gasteiger partial charge >= 0.3 is 0 Å². The smallest absolute Gasteiger partial charge is 0.203 e. The van der Waals surface area contributed by atoms with E-state index in [1.54, 1.807) is 0 Å². The van der Waals surface area contributed by atoms with Crippen molar-refractivity contribution in [1.82, 2.24) is 9.55 Å². The molecule has 16 heavy (non-hydrogen) atoms. The Labute approximate surface area is 97.0 Å². The van der Waals surface area contributed by atoms with Crippen LogP contribution in [0.15, 0.2) is 6.20 Å². The summed E-state index contributed by atoms with van der Waals surface area (Å²) < 4.78 is 7.70. The third-order valence-corrected chi connectivity index (χ3v) is 3.27. The lowest BCUT2D eigenvalue weighted by Gasteiger charge is -2.21. The van der Waals surface area contributed by atoms with Crippen molar-refractivity contribution in [2.75, 3.05) is 25.1 Å². The number of ether oxygens (including phenoxy) is 1. The standard InChI is InChI=1S/C12H21N3O/c1-4-13-12-14-9(2)7-15(12)10(3)11-5-6-16-8-11/h7,10-11H,4-6,8H2,1-3H3,(H,13,14). The zero-order valence-electron chi connectivity index (χ0n) is 10.4. The van der Waals surface area contributed by atoms with Gasteiger partial charge in [0.05, 0.1) is 12.3 Å². The highest BCUT2D eigenvalue weighted by Gasteiger charge is 2.25. The minimum atomic E-state index is 0.456. The van der Waals surface area contributed by atoms with E-state index in [0.29, 0.717) is 12.0 Å². The summed E-state index contributed by atoms with van der Waals surface area (Å²) in [6.07, 6.45) is 3.28. The fraction of sp³-hybridized carbons (Fsp3) is 0.750. The summed E-state index contributed by atoms with van der Waals surface area (Å²) in [6.45, 7) is 9.07. The van der Waals surface area contributed by atoms with Crippen LogP contribution in [0.5, 0.6) is 0 Å². The maximum absolute atomic E-state index is 5.45. The maximum atomic E-state index is 5.45. The first kappa shape index (κ1) is 11.5. The summed E-state index contributed by atoms with van der Waals surface area (Å²) >= 11 is 0. The van der Waals surface area contributed by atoms with Crippen molar-refractivity contribution in [2.24, 2.45) is 5.92 Å². The van der Waals surface area contributed by atoms with E-state index >= 15 is 0 Å². The Morgan fingerprint density at radius 2 is 2.50 bits per heavy atom. The van der Waals surface area contributed by atoms with Gasteiger partial charge in [-0.3, -0.25) is 0 Å². The van der Waals surface area contributed by atoms with Crippen LogP contribution in [-0.2, 0) is 4.74 Å². The van der Waals surface area contributed by atoms with Crippen LogP contribution in [0.1, 0.15) is 32.0 Å². The van der Waals surface area contributed by atoms with Crippen LogP contribution in [0.2, 0.25) is 0 Å². The number of hydrogen-bond acceptors (Lipinski definition) is 3. The van der Waals surface area contributed by atoms with Crippen molar-refractivity contribution in [3.63, 3.8) is 0 Å². The number of anilines is 1. The number of hydrogen-bond donors (Lipinski definition) is 1. The highest BCUT2D eigenvalue weighted by atomic mass is 16.5. The average molecular weight is 223 g/mol. The Hall–Kier alpha value is -1.03. The van der Waals surface area contributed by atoms with Gasteiger partial charge in [-0.1, -0.05) is 0 Å². The fourth-order valence-electron chi connectivity index (χ4n) is 2.28. The molecule has 0 aromatic carbocycles. The van der Waals surface area contributed by atoms with Gasteiger partial charge in [-0.2, -0.15) is 0 Å². The van der Waals surface area contributed by atoms with Gasteiger partial charge in [0.1, 0.15) is 0 Å². The lowest BCUT2D eigenvalue weighted by molar-refractivity contribution is 0.175. The van der Waals surface area contributed by atoms with Crippen molar-refractivity contribution in [3.05, 3.63) is 11.9 Å². The van der Waals surface area contributed by atoms with Gasteiger partial charge in [0.2, 0.25) is 5.95 Å². The van der Waals surface area contributed by atoms with Crippen LogP contribution in [-0.4, -0.2) is 29.3 Å². The number of aromatic nitrogens is 2. The van der Waals surface area contributed by atoms with Gasteiger partial charge in [-0.15, -0.1) is 0 Å². The topological polar surface area (TPSA) is 39.1 Å². The van der Waals surface area contributed by atoms with E-state index in [0.717, 1.165) is 37.8 Å². The summed E-state index contributed by atoms with van der Waals surface area (Å²) in [5, 5.41) is 3.31. The molecule has 0 spiro atoms. The summed E-state index contributed by atoms with van der Waals surface area (Å²) in [5.74, 6) is 1.60. The SMILES string of the molecule is CCNc1nc(C)cn1C(C)C1CCOC1. The molecule has 0 amide bonds. The molecule has 0 radical (unpaired) electrons. The molecule has 2 heterocycles. The second-order valence-electron chi connectivity index (χ2n) is 4.51. The summed E-state index contributed by atoms with van der Waals surface area (Å²) in [4.78, 5) is 4.50. The molecule has 1 aromatic heterocycles. The predicted octanol–water partition coefficient (Wildman–Crippen LogP) is 2.22. The summed E-state index contributed by atoms with van der Waals surface area (Å²) in [7, 11) is 0. The first-order valence-electron chi connectivity index (χ1n) is 6.09.